The van der Waals surface area contributed by atoms with Crippen molar-refractivity contribution < 1.29 is 22.3 Å². The van der Waals surface area contributed by atoms with Crippen LogP contribution in [-0.4, -0.2) is 37.4 Å². The molecular formula is C19H22Cl2F4N2O. The third-order valence-corrected chi connectivity index (χ3v) is 4.44. The van der Waals surface area contributed by atoms with Crippen LogP contribution in [0.15, 0.2) is 42.5 Å². The van der Waals surface area contributed by atoms with Gasteiger partial charge in [0.05, 0.1) is 6.04 Å². The summed E-state index contributed by atoms with van der Waals surface area (Å²) < 4.78 is 54.7. The summed E-state index contributed by atoms with van der Waals surface area (Å²) >= 11 is 0. The van der Waals surface area contributed by atoms with Gasteiger partial charge in [-0.2, -0.15) is 0 Å². The quantitative estimate of drug-likeness (QED) is 0.686. The van der Waals surface area contributed by atoms with Crippen molar-refractivity contribution in [2.75, 3.05) is 26.2 Å². The Morgan fingerprint density at radius 2 is 1.54 bits per heavy atom. The number of hydrogen-bond acceptors (Lipinski definition) is 3. The Kier molecular flexibility index (Phi) is 9.01. The van der Waals surface area contributed by atoms with Gasteiger partial charge in [-0.15, -0.1) is 38.0 Å². The molecule has 0 aromatic heterocycles. The fourth-order valence-corrected chi connectivity index (χ4v) is 3.24. The number of hydrogen-bond donors (Lipinski definition) is 1. The predicted molar refractivity (Wildman–Crippen MR) is 105 cm³/mol. The first-order valence-corrected chi connectivity index (χ1v) is 8.40. The van der Waals surface area contributed by atoms with Gasteiger partial charge in [-0.05, 0) is 41.8 Å². The lowest BCUT2D eigenvalue weighted by molar-refractivity contribution is -0.274. The van der Waals surface area contributed by atoms with E-state index < -0.39 is 6.36 Å². The van der Waals surface area contributed by atoms with Gasteiger partial charge >= 0.3 is 6.36 Å². The van der Waals surface area contributed by atoms with Crippen LogP contribution in [0.5, 0.6) is 5.75 Å². The molecule has 0 aliphatic carbocycles. The maximum absolute atomic E-state index is 13.7. The number of benzene rings is 2. The van der Waals surface area contributed by atoms with E-state index in [2.05, 4.69) is 15.0 Å². The first-order chi connectivity index (χ1) is 12.3. The van der Waals surface area contributed by atoms with Crippen molar-refractivity contribution in [1.82, 2.24) is 10.2 Å². The molecule has 1 aliphatic heterocycles. The lowest BCUT2D eigenvalue weighted by atomic mass is 9.95. The highest BCUT2D eigenvalue weighted by Crippen LogP contribution is 2.32. The molecule has 0 saturated carbocycles. The summed E-state index contributed by atoms with van der Waals surface area (Å²) in [5.41, 5.74) is 2.29. The van der Waals surface area contributed by atoms with Crippen molar-refractivity contribution in [3.8, 4) is 5.75 Å². The highest BCUT2D eigenvalue weighted by atomic mass is 35.5. The Balaban J connectivity index is 0.00000196. The maximum Gasteiger partial charge on any atom is 0.573 e. The van der Waals surface area contributed by atoms with Crippen LogP contribution in [0.25, 0.3) is 0 Å². The number of piperazine rings is 1. The van der Waals surface area contributed by atoms with Gasteiger partial charge in [0.25, 0.3) is 0 Å². The summed E-state index contributed by atoms with van der Waals surface area (Å²) in [6.07, 6.45) is -4.71. The van der Waals surface area contributed by atoms with Crippen LogP contribution in [0.3, 0.4) is 0 Å². The minimum atomic E-state index is -4.71. The molecule has 1 atom stereocenters. The SMILES string of the molecule is Cc1cc([C@H](c2ccc(OC(F)(F)F)cc2)N2CCNCC2)ccc1F.Cl.Cl. The molecule has 3 nitrogen and oxygen atoms in total. The normalized spacial score (nSPS) is 15.9. The van der Waals surface area contributed by atoms with Crippen molar-refractivity contribution >= 4 is 24.8 Å². The topological polar surface area (TPSA) is 24.5 Å². The van der Waals surface area contributed by atoms with Crippen molar-refractivity contribution in [2.45, 2.75) is 19.3 Å². The molecule has 1 saturated heterocycles. The second-order valence-corrected chi connectivity index (χ2v) is 6.31. The third kappa shape index (κ3) is 6.24. The first-order valence-electron chi connectivity index (χ1n) is 8.40. The van der Waals surface area contributed by atoms with Gasteiger partial charge in [0, 0.05) is 26.2 Å². The summed E-state index contributed by atoms with van der Waals surface area (Å²) in [5.74, 6) is -0.530. The van der Waals surface area contributed by atoms with E-state index in [1.54, 1.807) is 31.2 Å². The third-order valence-electron chi connectivity index (χ3n) is 4.44. The summed E-state index contributed by atoms with van der Waals surface area (Å²) in [6, 6.07) is 10.7. The van der Waals surface area contributed by atoms with Crippen LogP contribution in [0.1, 0.15) is 22.7 Å². The second kappa shape index (κ2) is 10.3. The Labute approximate surface area is 173 Å². The molecule has 0 bridgehead atoms. The van der Waals surface area contributed by atoms with E-state index >= 15 is 0 Å². The molecule has 2 aromatic carbocycles. The fourth-order valence-electron chi connectivity index (χ4n) is 3.24. The average molecular weight is 441 g/mol. The minimum absolute atomic E-state index is 0. The van der Waals surface area contributed by atoms with Crippen molar-refractivity contribution in [3.05, 3.63) is 65.0 Å². The highest BCUT2D eigenvalue weighted by Gasteiger charge is 2.31. The van der Waals surface area contributed by atoms with Gasteiger partial charge in [-0.25, -0.2) is 4.39 Å². The van der Waals surface area contributed by atoms with Crippen LogP contribution in [0.2, 0.25) is 0 Å². The predicted octanol–water partition coefficient (Wildman–Crippen LogP) is 4.87. The Morgan fingerprint density at radius 3 is 2.07 bits per heavy atom. The van der Waals surface area contributed by atoms with Crippen molar-refractivity contribution in [2.24, 2.45) is 0 Å². The van der Waals surface area contributed by atoms with E-state index in [0.29, 0.717) is 5.56 Å². The monoisotopic (exact) mass is 440 g/mol. The molecule has 1 heterocycles. The summed E-state index contributed by atoms with van der Waals surface area (Å²) in [4.78, 5) is 2.24. The average Bonchev–Trinajstić information content (AvgIpc) is 2.59. The van der Waals surface area contributed by atoms with E-state index in [-0.39, 0.29) is 42.4 Å². The number of nitrogens with zero attached hydrogens (tertiary/aromatic N) is 1. The van der Waals surface area contributed by atoms with Gasteiger partial charge < -0.3 is 10.1 Å². The van der Waals surface area contributed by atoms with Crippen molar-refractivity contribution in [1.29, 1.82) is 0 Å². The molecule has 1 N–H and O–H groups in total. The van der Waals surface area contributed by atoms with Gasteiger partial charge in [-0.3, -0.25) is 4.90 Å². The van der Waals surface area contributed by atoms with Gasteiger partial charge in [0.1, 0.15) is 11.6 Å². The van der Waals surface area contributed by atoms with E-state index in [0.717, 1.165) is 37.3 Å². The lowest BCUT2D eigenvalue weighted by Gasteiger charge is -2.35. The zero-order chi connectivity index (χ0) is 18.7. The molecule has 156 valence electrons. The largest absolute Gasteiger partial charge is 0.573 e. The molecule has 2 aromatic rings. The lowest BCUT2D eigenvalue weighted by Crippen LogP contribution is -2.45. The number of rotatable bonds is 4. The molecule has 1 aliphatic rings. The first kappa shape index (κ1) is 24.5. The van der Waals surface area contributed by atoms with Crippen LogP contribution < -0.4 is 10.1 Å². The van der Waals surface area contributed by atoms with E-state index in [9.17, 15) is 17.6 Å². The Hall–Kier alpha value is -1.54. The van der Waals surface area contributed by atoms with Crippen LogP contribution >= 0.6 is 24.8 Å². The summed E-state index contributed by atoms with van der Waals surface area (Å²) in [7, 11) is 0. The molecule has 1 fully saturated rings. The summed E-state index contributed by atoms with van der Waals surface area (Å²) in [5, 5.41) is 3.28. The number of halogens is 6. The highest BCUT2D eigenvalue weighted by molar-refractivity contribution is 5.85. The van der Waals surface area contributed by atoms with Gasteiger partial charge in [0.2, 0.25) is 0 Å². The maximum atomic E-state index is 13.7. The zero-order valence-corrected chi connectivity index (χ0v) is 16.8. The smallest absolute Gasteiger partial charge is 0.406 e. The standard InChI is InChI=1S/C19H20F4N2O.2ClH/c1-13-12-15(4-7-17(13)20)18(25-10-8-24-9-11-25)14-2-5-16(6-3-14)26-19(21,22)23;;/h2-7,12,18,24H,8-11H2,1H3;2*1H/t18-;;/m0../s1. The zero-order valence-electron chi connectivity index (χ0n) is 15.1. The number of ether oxygens (including phenoxy) is 1. The molecule has 0 radical (unpaired) electrons. The number of alkyl halides is 3. The molecule has 0 amide bonds. The van der Waals surface area contributed by atoms with E-state index in [1.165, 1.54) is 18.2 Å². The Bertz CT molecular complexity index is 751. The van der Waals surface area contributed by atoms with Crippen molar-refractivity contribution in [3.63, 3.8) is 0 Å². The van der Waals surface area contributed by atoms with Gasteiger partial charge in [-0.1, -0.05) is 24.3 Å². The molecule has 0 spiro atoms. The summed E-state index contributed by atoms with van der Waals surface area (Å²) in [6.45, 7) is 4.94. The number of aryl methyl sites for hydroxylation is 1. The second-order valence-electron chi connectivity index (χ2n) is 6.31. The molecule has 3 rings (SSSR count). The molecular weight excluding hydrogens is 419 g/mol. The van der Waals surface area contributed by atoms with E-state index in [1.807, 2.05) is 0 Å². The molecule has 0 unspecified atom stereocenters. The van der Waals surface area contributed by atoms with Crippen LogP contribution in [-0.2, 0) is 0 Å². The Morgan fingerprint density at radius 1 is 0.964 bits per heavy atom. The van der Waals surface area contributed by atoms with Gasteiger partial charge in [0.15, 0.2) is 0 Å². The van der Waals surface area contributed by atoms with E-state index in [4.69, 9.17) is 0 Å². The number of nitrogens with one attached hydrogen (secondary N) is 1. The van der Waals surface area contributed by atoms with Crippen LogP contribution in [0.4, 0.5) is 17.6 Å². The molecule has 28 heavy (non-hydrogen) atoms. The molecule has 9 heteroatoms. The fraction of sp³-hybridized carbons (Fsp3) is 0.368. The van der Waals surface area contributed by atoms with Crippen LogP contribution in [0, 0.1) is 12.7 Å². The minimum Gasteiger partial charge on any atom is -0.406 e.